The average Bonchev–Trinajstić information content (AvgIpc) is 3.84. The van der Waals surface area contributed by atoms with Crippen LogP contribution < -0.4 is 5.32 Å². The van der Waals surface area contributed by atoms with Gasteiger partial charge in [0, 0.05) is 56.7 Å². The SMILES string of the molecule is CCOC(=O)C1CCC(OC(C(=O)Cc2cc(Cl)c(NC(=O)c3cn(C)c4ccccc34)cc2F)(N2CCCC2)N2CC[C@H](F)C2)CC1. The first kappa shape index (κ1) is 34.5. The van der Waals surface area contributed by atoms with Gasteiger partial charge in [0.25, 0.3) is 5.91 Å². The first-order valence-electron chi connectivity index (χ1n) is 17.0. The van der Waals surface area contributed by atoms with Crippen LogP contribution in [0.5, 0.6) is 0 Å². The lowest BCUT2D eigenvalue weighted by atomic mass is 9.87. The van der Waals surface area contributed by atoms with Gasteiger partial charge in [-0.3, -0.25) is 24.2 Å². The molecular formula is C36H43ClF2N4O5. The number of likely N-dealkylation sites (tertiary alicyclic amines) is 2. The number of hydrogen-bond acceptors (Lipinski definition) is 7. The molecule has 3 aliphatic rings. The molecule has 2 saturated heterocycles. The predicted octanol–water partition coefficient (Wildman–Crippen LogP) is 6.27. The van der Waals surface area contributed by atoms with Gasteiger partial charge in [0.2, 0.25) is 5.85 Å². The molecule has 6 rings (SSSR count). The number of aryl methyl sites for hydroxylation is 1. The average molecular weight is 685 g/mol. The van der Waals surface area contributed by atoms with Crippen molar-refractivity contribution in [2.75, 3.05) is 38.1 Å². The van der Waals surface area contributed by atoms with E-state index in [-0.39, 0.29) is 53.7 Å². The third-order valence-corrected chi connectivity index (χ3v) is 10.3. The minimum Gasteiger partial charge on any atom is -0.466 e. The number of ether oxygens (including phenoxy) is 2. The topological polar surface area (TPSA) is 93.1 Å². The summed E-state index contributed by atoms with van der Waals surface area (Å²) in [5.74, 6) is -3.56. The van der Waals surface area contributed by atoms with E-state index in [2.05, 4.69) is 5.32 Å². The van der Waals surface area contributed by atoms with Crippen LogP contribution in [0.25, 0.3) is 10.9 Å². The van der Waals surface area contributed by atoms with E-state index >= 15 is 4.39 Å². The number of aromatic nitrogens is 1. The molecule has 0 bridgehead atoms. The lowest BCUT2D eigenvalue weighted by molar-refractivity contribution is -0.252. The summed E-state index contributed by atoms with van der Waals surface area (Å²) in [4.78, 5) is 44.0. The molecule has 9 nitrogen and oxygen atoms in total. The third-order valence-electron chi connectivity index (χ3n) is 9.96. The Labute approximate surface area is 284 Å². The number of fused-ring (bicyclic) bond motifs is 1. The number of Topliss-reactive ketones (excluding diaryl/α,β-unsaturated/α-hetero) is 1. The maximum absolute atomic E-state index is 15.8. The van der Waals surface area contributed by atoms with Gasteiger partial charge in [-0.1, -0.05) is 29.8 Å². The number of carbonyl (C=O) groups excluding carboxylic acids is 3. The molecule has 3 fully saturated rings. The van der Waals surface area contributed by atoms with Crippen LogP contribution in [0, 0.1) is 11.7 Å². The summed E-state index contributed by atoms with van der Waals surface area (Å²) in [6.45, 7) is 3.62. The second-order valence-corrected chi connectivity index (χ2v) is 13.5. The van der Waals surface area contributed by atoms with Gasteiger partial charge in [-0.25, -0.2) is 8.78 Å². The number of nitrogens with zero attached hydrogens (tertiary/aromatic N) is 3. The molecule has 1 aromatic heterocycles. The van der Waals surface area contributed by atoms with Gasteiger partial charge in [0.1, 0.15) is 12.0 Å². The van der Waals surface area contributed by atoms with Crippen LogP contribution in [-0.4, -0.2) is 82.9 Å². The smallest absolute Gasteiger partial charge is 0.308 e. The zero-order valence-corrected chi connectivity index (χ0v) is 28.2. The Kier molecular flexibility index (Phi) is 10.5. The van der Waals surface area contributed by atoms with Crippen molar-refractivity contribution in [3.05, 3.63) is 64.6 Å². The molecule has 1 saturated carbocycles. The van der Waals surface area contributed by atoms with Crippen molar-refractivity contribution in [2.24, 2.45) is 13.0 Å². The number of alkyl halides is 1. The van der Waals surface area contributed by atoms with Crippen molar-refractivity contribution >= 4 is 45.9 Å². The highest BCUT2D eigenvalue weighted by Gasteiger charge is 2.54. The molecule has 2 aromatic carbocycles. The van der Waals surface area contributed by atoms with Crippen LogP contribution in [0.3, 0.4) is 0 Å². The highest BCUT2D eigenvalue weighted by atomic mass is 35.5. The van der Waals surface area contributed by atoms with E-state index in [0.717, 1.165) is 29.8 Å². The minimum absolute atomic E-state index is 0.0305. The number of para-hydroxylation sites is 1. The fourth-order valence-corrected chi connectivity index (χ4v) is 7.74. The summed E-state index contributed by atoms with van der Waals surface area (Å²) >= 11 is 6.61. The molecule has 1 aliphatic carbocycles. The molecule has 0 spiro atoms. The number of ketones is 1. The molecule has 2 atom stereocenters. The maximum Gasteiger partial charge on any atom is 0.308 e. The van der Waals surface area contributed by atoms with Crippen LogP contribution in [0.4, 0.5) is 14.5 Å². The lowest BCUT2D eigenvalue weighted by Gasteiger charge is -2.48. The van der Waals surface area contributed by atoms with Crippen molar-refractivity contribution in [1.82, 2.24) is 14.4 Å². The standard InChI is InChI=1S/C36H43ClF2N4O5/c1-3-47-35(46)23-10-12-26(13-11-23)48-36(42-15-6-7-16-42,43-17-14-25(38)21-43)33(44)19-24-18-29(37)31(20-30(24)39)40-34(45)28-22-41(2)32-9-5-4-8-27(28)32/h4-5,8-9,18,20,22-23,25-26H,3,6-7,10-17,19,21H2,1-2H3,(H,40,45)/t23?,25-,26?,36?/m0/s1. The monoisotopic (exact) mass is 684 g/mol. The van der Waals surface area contributed by atoms with Crippen molar-refractivity contribution in [3.8, 4) is 0 Å². The summed E-state index contributed by atoms with van der Waals surface area (Å²) in [5.41, 5.74) is 1.44. The van der Waals surface area contributed by atoms with E-state index in [1.807, 2.05) is 40.8 Å². The quantitative estimate of drug-likeness (QED) is 0.238. The Bertz CT molecular complexity index is 1670. The van der Waals surface area contributed by atoms with Crippen molar-refractivity contribution in [1.29, 1.82) is 0 Å². The number of anilines is 1. The van der Waals surface area contributed by atoms with E-state index < -0.39 is 29.5 Å². The molecule has 3 aromatic rings. The number of nitrogens with one attached hydrogen (secondary N) is 1. The largest absolute Gasteiger partial charge is 0.466 e. The molecule has 1 N–H and O–H groups in total. The van der Waals surface area contributed by atoms with Gasteiger partial charge in [-0.05, 0) is 75.6 Å². The number of carbonyl (C=O) groups is 3. The van der Waals surface area contributed by atoms with Crippen LogP contribution in [0.2, 0.25) is 5.02 Å². The Morgan fingerprint density at radius 2 is 1.75 bits per heavy atom. The van der Waals surface area contributed by atoms with Gasteiger partial charge in [-0.2, -0.15) is 0 Å². The second-order valence-electron chi connectivity index (χ2n) is 13.1. The fourth-order valence-electron chi connectivity index (χ4n) is 7.51. The maximum atomic E-state index is 15.8. The number of halogens is 3. The van der Waals surface area contributed by atoms with E-state index in [1.54, 1.807) is 18.0 Å². The summed E-state index contributed by atoms with van der Waals surface area (Å²) in [6, 6.07) is 9.98. The van der Waals surface area contributed by atoms with Crippen LogP contribution in [0.15, 0.2) is 42.6 Å². The van der Waals surface area contributed by atoms with Crippen molar-refractivity contribution < 1.29 is 32.6 Å². The second kappa shape index (κ2) is 14.6. The zero-order valence-electron chi connectivity index (χ0n) is 27.5. The Hall–Kier alpha value is -3.38. The van der Waals surface area contributed by atoms with Gasteiger partial charge in [-0.15, -0.1) is 0 Å². The molecule has 258 valence electrons. The van der Waals surface area contributed by atoms with Gasteiger partial charge in [0.05, 0.1) is 34.9 Å². The van der Waals surface area contributed by atoms with Crippen LogP contribution >= 0.6 is 11.6 Å². The summed E-state index contributed by atoms with van der Waals surface area (Å²) in [6.07, 6.45) is 4.11. The normalized spacial score (nSPS) is 23.3. The van der Waals surface area contributed by atoms with Crippen LogP contribution in [0.1, 0.15) is 67.8 Å². The van der Waals surface area contributed by atoms with E-state index in [0.29, 0.717) is 57.5 Å². The van der Waals surface area contributed by atoms with E-state index in [1.165, 1.54) is 6.07 Å². The van der Waals surface area contributed by atoms with Crippen LogP contribution in [-0.2, 0) is 32.5 Å². The Morgan fingerprint density at radius 3 is 2.44 bits per heavy atom. The van der Waals surface area contributed by atoms with E-state index in [9.17, 15) is 18.8 Å². The van der Waals surface area contributed by atoms with Crippen molar-refractivity contribution in [3.63, 3.8) is 0 Å². The summed E-state index contributed by atoms with van der Waals surface area (Å²) < 4.78 is 44.4. The number of rotatable bonds is 11. The molecular weight excluding hydrogens is 642 g/mol. The van der Waals surface area contributed by atoms with Gasteiger partial charge >= 0.3 is 5.97 Å². The molecule has 12 heteroatoms. The molecule has 0 radical (unpaired) electrons. The van der Waals surface area contributed by atoms with Gasteiger partial charge < -0.3 is 19.4 Å². The minimum atomic E-state index is -1.58. The third kappa shape index (κ3) is 6.88. The molecule has 1 amide bonds. The predicted molar refractivity (Wildman–Crippen MR) is 179 cm³/mol. The molecule has 1 unspecified atom stereocenters. The van der Waals surface area contributed by atoms with E-state index in [4.69, 9.17) is 21.1 Å². The highest BCUT2D eigenvalue weighted by molar-refractivity contribution is 6.34. The number of amides is 1. The fraction of sp³-hybridized carbons (Fsp3) is 0.528. The van der Waals surface area contributed by atoms with Gasteiger partial charge in [0.15, 0.2) is 5.78 Å². The summed E-state index contributed by atoms with van der Waals surface area (Å²) in [7, 11) is 1.84. The molecule has 2 aliphatic heterocycles. The lowest BCUT2D eigenvalue weighted by Crippen LogP contribution is -2.67. The van der Waals surface area contributed by atoms with Crippen molar-refractivity contribution in [2.45, 2.75) is 76.4 Å². The highest BCUT2D eigenvalue weighted by Crippen LogP contribution is 2.38. The zero-order chi connectivity index (χ0) is 34.0. The first-order valence-corrected chi connectivity index (χ1v) is 17.3. The Balaban J connectivity index is 1.25. The first-order chi connectivity index (χ1) is 23.1. The number of hydrogen-bond donors (Lipinski definition) is 1. The number of esters is 1. The molecule has 48 heavy (non-hydrogen) atoms. The Morgan fingerprint density at radius 1 is 1.02 bits per heavy atom. The number of benzene rings is 2. The molecule has 3 heterocycles. The summed E-state index contributed by atoms with van der Waals surface area (Å²) in [5, 5.41) is 3.56.